The van der Waals surface area contributed by atoms with Crippen molar-refractivity contribution in [1.29, 1.82) is 0 Å². The number of aromatic carboxylic acids is 2. The van der Waals surface area contributed by atoms with Crippen LogP contribution in [0.15, 0.2) is 39.9 Å². The van der Waals surface area contributed by atoms with Gasteiger partial charge in [0, 0.05) is 5.56 Å². The highest BCUT2D eigenvalue weighted by Gasteiger charge is 2.08. The minimum absolute atomic E-state index is 0.191. The molecule has 1 heterocycles. The summed E-state index contributed by atoms with van der Waals surface area (Å²) in [4.78, 5) is 32.3. The minimum Gasteiger partial charge on any atom is -0.545 e. The molecule has 0 atom stereocenters. The Balaban J connectivity index is 2.36. The minimum atomic E-state index is -1.53. The van der Waals surface area contributed by atoms with E-state index in [-0.39, 0.29) is 28.2 Å². The van der Waals surface area contributed by atoms with Crippen LogP contribution in [0.5, 0.6) is 0 Å². The van der Waals surface area contributed by atoms with Gasteiger partial charge in [-0.05, 0) is 41.5 Å². The number of hydrazone groups is 1. The molecule has 0 spiro atoms. The molecular weight excluding hydrogens is 306 g/mol. The molecule has 0 aliphatic heterocycles. The second-order valence-corrected chi connectivity index (χ2v) is 4.31. The van der Waals surface area contributed by atoms with Crippen LogP contribution >= 0.6 is 0 Å². The number of urea groups is 1. The Hall–Kier alpha value is -3.62. The van der Waals surface area contributed by atoms with Gasteiger partial charge in [0.25, 0.3) is 0 Å². The van der Waals surface area contributed by atoms with Crippen LogP contribution in [0.1, 0.15) is 26.5 Å². The number of carbonyl (C=O) groups is 3. The maximum atomic E-state index is 10.9. The van der Waals surface area contributed by atoms with Gasteiger partial charge in [-0.15, -0.1) is 0 Å². The fourth-order valence-electron chi connectivity index (χ4n) is 1.74. The summed E-state index contributed by atoms with van der Waals surface area (Å²) in [6, 6.07) is 5.42. The zero-order valence-corrected chi connectivity index (χ0v) is 11.4. The van der Waals surface area contributed by atoms with Crippen molar-refractivity contribution in [2.45, 2.75) is 0 Å². The predicted molar refractivity (Wildman–Crippen MR) is 73.1 cm³/mol. The van der Waals surface area contributed by atoms with E-state index in [1.165, 1.54) is 24.3 Å². The van der Waals surface area contributed by atoms with Gasteiger partial charge in [-0.1, -0.05) is 0 Å². The number of hydrogen-bond acceptors (Lipinski definition) is 7. The molecule has 1 aromatic carbocycles. The standard InChI is InChI=1S/C14H11N3O6/c15-14(22)17-16-6-10-1-2-11(23-10)7-3-8(12(18)19)5-9(4-7)13(20)21/h1-6H,(H,18,19)(H,20,21)(H3,15,17,22)/p-2/b16-6+. The normalized spacial score (nSPS) is 10.6. The molecule has 1 aromatic heterocycles. The molecular formula is C14H9N3O6-2. The Bertz CT molecular complexity index is 776. The van der Waals surface area contributed by atoms with Gasteiger partial charge < -0.3 is 30.0 Å². The first-order chi connectivity index (χ1) is 10.9. The van der Waals surface area contributed by atoms with E-state index in [4.69, 9.17) is 10.2 Å². The van der Waals surface area contributed by atoms with E-state index in [2.05, 4.69) is 5.10 Å². The molecule has 2 aromatic rings. The molecule has 2 rings (SSSR count). The zero-order valence-electron chi connectivity index (χ0n) is 11.4. The number of nitrogens with one attached hydrogen (secondary N) is 1. The molecule has 0 saturated heterocycles. The quantitative estimate of drug-likeness (QED) is 0.513. The van der Waals surface area contributed by atoms with Crippen molar-refractivity contribution in [2.75, 3.05) is 0 Å². The van der Waals surface area contributed by atoms with Crippen LogP contribution in [-0.2, 0) is 0 Å². The van der Waals surface area contributed by atoms with Gasteiger partial charge in [0.05, 0.1) is 18.2 Å². The van der Waals surface area contributed by atoms with Crippen molar-refractivity contribution < 1.29 is 29.0 Å². The molecule has 0 bridgehead atoms. The largest absolute Gasteiger partial charge is 0.545 e. The molecule has 9 nitrogen and oxygen atoms in total. The number of hydrogen-bond donors (Lipinski definition) is 2. The van der Waals surface area contributed by atoms with Crippen molar-refractivity contribution >= 4 is 24.2 Å². The molecule has 0 saturated carbocycles. The van der Waals surface area contributed by atoms with Gasteiger partial charge in [-0.3, -0.25) is 0 Å². The van der Waals surface area contributed by atoms with Gasteiger partial charge in [0.1, 0.15) is 11.5 Å². The number of furan rings is 1. The van der Waals surface area contributed by atoms with Crippen molar-refractivity contribution in [3.8, 4) is 11.3 Å². The summed E-state index contributed by atoms with van der Waals surface area (Å²) >= 11 is 0. The molecule has 2 amide bonds. The molecule has 0 aliphatic carbocycles. The lowest BCUT2D eigenvalue weighted by Gasteiger charge is -2.09. The lowest BCUT2D eigenvalue weighted by atomic mass is 10.0. The number of carboxylic acids is 2. The van der Waals surface area contributed by atoms with Crippen LogP contribution in [0.4, 0.5) is 4.79 Å². The van der Waals surface area contributed by atoms with Gasteiger partial charge in [0.2, 0.25) is 0 Å². The molecule has 118 valence electrons. The number of rotatable bonds is 5. The fourth-order valence-corrected chi connectivity index (χ4v) is 1.74. The van der Waals surface area contributed by atoms with Gasteiger partial charge in [0.15, 0.2) is 0 Å². The van der Waals surface area contributed by atoms with Crippen molar-refractivity contribution in [3.63, 3.8) is 0 Å². The number of amides is 2. The van der Waals surface area contributed by atoms with Crippen molar-refractivity contribution in [3.05, 3.63) is 47.2 Å². The Morgan fingerprint density at radius 1 is 1.09 bits per heavy atom. The lowest BCUT2D eigenvalue weighted by Crippen LogP contribution is -2.25. The van der Waals surface area contributed by atoms with Crippen molar-refractivity contribution in [1.82, 2.24) is 5.43 Å². The second-order valence-electron chi connectivity index (χ2n) is 4.31. The third-order valence-corrected chi connectivity index (χ3v) is 2.68. The SMILES string of the molecule is NC(=O)N/N=C/c1ccc(-c2cc(C(=O)[O-])cc(C(=O)[O-])c2)o1. The molecule has 23 heavy (non-hydrogen) atoms. The molecule has 0 unspecified atom stereocenters. The number of carboxylic acid groups (broad SMARTS) is 2. The summed E-state index contributed by atoms with van der Waals surface area (Å²) in [6.07, 6.45) is 1.16. The third-order valence-electron chi connectivity index (χ3n) is 2.68. The van der Waals surface area contributed by atoms with E-state index in [1.54, 1.807) is 0 Å². The Labute approximate surface area is 129 Å². The summed E-state index contributed by atoms with van der Waals surface area (Å²) < 4.78 is 5.35. The summed E-state index contributed by atoms with van der Waals surface area (Å²) in [5.41, 5.74) is 6.34. The average Bonchev–Trinajstić information content (AvgIpc) is 2.95. The lowest BCUT2D eigenvalue weighted by molar-refractivity contribution is -0.255. The number of primary amides is 1. The fraction of sp³-hybridized carbons (Fsp3) is 0. The first-order valence-electron chi connectivity index (χ1n) is 6.13. The molecule has 0 fully saturated rings. The highest BCUT2D eigenvalue weighted by atomic mass is 16.4. The van der Waals surface area contributed by atoms with E-state index in [1.807, 2.05) is 5.43 Å². The monoisotopic (exact) mass is 315 g/mol. The smallest absolute Gasteiger partial charge is 0.332 e. The van der Waals surface area contributed by atoms with Crippen LogP contribution < -0.4 is 21.4 Å². The second kappa shape index (κ2) is 6.43. The van der Waals surface area contributed by atoms with Gasteiger partial charge >= 0.3 is 6.03 Å². The Morgan fingerprint density at radius 2 is 1.70 bits per heavy atom. The maximum Gasteiger partial charge on any atom is 0.332 e. The summed E-state index contributed by atoms with van der Waals surface area (Å²) in [7, 11) is 0. The first kappa shape index (κ1) is 15.8. The van der Waals surface area contributed by atoms with Crippen LogP contribution in [-0.4, -0.2) is 24.2 Å². The van der Waals surface area contributed by atoms with E-state index in [9.17, 15) is 24.6 Å². The molecule has 3 N–H and O–H groups in total. The summed E-state index contributed by atoms with van der Waals surface area (Å²) in [5.74, 6) is -2.65. The maximum absolute atomic E-state index is 10.9. The topological polar surface area (TPSA) is 161 Å². The highest BCUT2D eigenvalue weighted by Crippen LogP contribution is 2.24. The zero-order chi connectivity index (χ0) is 17.0. The number of nitrogens with zero attached hydrogens (tertiary/aromatic N) is 1. The number of benzene rings is 1. The summed E-state index contributed by atoms with van der Waals surface area (Å²) in [5, 5.41) is 25.4. The number of carbonyl (C=O) groups excluding carboxylic acids is 3. The predicted octanol–water partition coefficient (Wildman–Crippen LogP) is -1.32. The number of nitrogens with two attached hydrogens (primary N) is 1. The van der Waals surface area contributed by atoms with E-state index in [0.29, 0.717) is 0 Å². The highest BCUT2D eigenvalue weighted by molar-refractivity contribution is 5.94. The Morgan fingerprint density at radius 3 is 2.22 bits per heavy atom. The molecule has 0 aliphatic rings. The third kappa shape index (κ3) is 3.94. The first-order valence-corrected chi connectivity index (χ1v) is 6.13. The molecule has 9 heteroatoms. The van der Waals surface area contributed by atoms with E-state index >= 15 is 0 Å². The van der Waals surface area contributed by atoms with Crippen LogP contribution in [0.25, 0.3) is 11.3 Å². The van der Waals surface area contributed by atoms with Gasteiger partial charge in [-0.2, -0.15) is 5.10 Å². The average molecular weight is 315 g/mol. The van der Waals surface area contributed by atoms with E-state index in [0.717, 1.165) is 12.3 Å². The van der Waals surface area contributed by atoms with Crippen LogP contribution in [0.2, 0.25) is 0 Å². The molecule has 0 radical (unpaired) electrons. The van der Waals surface area contributed by atoms with Crippen LogP contribution in [0, 0.1) is 0 Å². The Kier molecular flexibility index (Phi) is 4.41. The van der Waals surface area contributed by atoms with Crippen LogP contribution in [0.3, 0.4) is 0 Å². The van der Waals surface area contributed by atoms with E-state index < -0.39 is 18.0 Å². The van der Waals surface area contributed by atoms with Crippen molar-refractivity contribution in [2.24, 2.45) is 10.8 Å². The van der Waals surface area contributed by atoms with Gasteiger partial charge in [-0.25, -0.2) is 10.2 Å². The summed E-state index contributed by atoms with van der Waals surface area (Å²) in [6.45, 7) is 0.